The van der Waals surface area contributed by atoms with Crippen molar-refractivity contribution in [3.63, 3.8) is 0 Å². The van der Waals surface area contributed by atoms with E-state index in [1.54, 1.807) is 0 Å². The van der Waals surface area contributed by atoms with Crippen molar-refractivity contribution in [1.82, 2.24) is 4.98 Å². The van der Waals surface area contributed by atoms with Gasteiger partial charge in [-0.2, -0.15) is 11.8 Å². The molecule has 3 nitrogen and oxygen atoms in total. The number of morpholine rings is 1. The second-order valence-corrected chi connectivity index (χ2v) is 4.42. The Morgan fingerprint density at radius 1 is 1.40 bits per heavy atom. The summed E-state index contributed by atoms with van der Waals surface area (Å²) in [6.45, 7) is 3.53. The Morgan fingerprint density at radius 2 is 2.20 bits per heavy atom. The maximum Gasteiger partial charge on any atom is 0.128 e. The molecule has 0 radical (unpaired) electrons. The molecule has 0 aliphatic carbocycles. The van der Waals surface area contributed by atoms with Crippen molar-refractivity contribution in [3.05, 3.63) is 23.9 Å². The molecular formula is C11H16N2OS. The van der Waals surface area contributed by atoms with Crippen molar-refractivity contribution in [3.8, 4) is 0 Å². The summed E-state index contributed by atoms with van der Waals surface area (Å²) < 4.78 is 5.31. The van der Waals surface area contributed by atoms with Crippen LogP contribution in [0.15, 0.2) is 18.3 Å². The summed E-state index contributed by atoms with van der Waals surface area (Å²) in [5.74, 6) is 2.11. The lowest BCUT2D eigenvalue weighted by Gasteiger charge is -2.27. The number of rotatable bonds is 3. The van der Waals surface area contributed by atoms with Gasteiger partial charge in [-0.3, -0.25) is 0 Å². The summed E-state index contributed by atoms with van der Waals surface area (Å²) in [7, 11) is 0. The van der Waals surface area contributed by atoms with E-state index in [1.807, 2.05) is 18.0 Å². The van der Waals surface area contributed by atoms with E-state index in [0.29, 0.717) is 0 Å². The molecule has 4 heteroatoms. The Kier molecular flexibility index (Phi) is 3.86. The highest BCUT2D eigenvalue weighted by Gasteiger charge is 2.11. The molecule has 1 aromatic rings. The average molecular weight is 224 g/mol. The number of ether oxygens (including phenoxy) is 1. The molecule has 0 amide bonds. The fraction of sp³-hybridized carbons (Fsp3) is 0.545. The van der Waals surface area contributed by atoms with Gasteiger partial charge in [-0.05, 0) is 17.9 Å². The van der Waals surface area contributed by atoms with Gasteiger partial charge in [0.15, 0.2) is 0 Å². The summed E-state index contributed by atoms with van der Waals surface area (Å²) >= 11 is 1.82. The molecule has 1 aromatic heterocycles. The molecule has 0 spiro atoms. The minimum Gasteiger partial charge on any atom is -0.378 e. The highest BCUT2D eigenvalue weighted by atomic mass is 32.2. The highest BCUT2D eigenvalue weighted by molar-refractivity contribution is 7.97. The normalized spacial score (nSPS) is 16.7. The van der Waals surface area contributed by atoms with Crippen molar-refractivity contribution in [2.45, 2.75) is 5.75 Å². The lowest BCUT2D eigenvalue weighted by atomic mass is 10.3. The van der Waals surface area contributed by atoms with Gasteiger partial charge >= 0.3 is 0 Å². The van der Waals surface area contributed by atoms with Gasteiger partial charge in [-0.1, -0.05) is 6.07 Å². The summed E-state index contributed by atoms with van der Waals surface area (Å²) in [6, 6.07) is 4.27. The maximum absolute atomic E-state index is 5.31. The number of aromatic nitrogens is 1. The van der Waals surface area contributed by atoms with Gasteiger partial charge in [0.1, 0.15) is 5.82 Å². The monoisotopic (exact) mass is 224 g/mol. The van der Waals surface area contributed by atoms with Crippen LogP contribution in [0.1, 0.15) is 5.56 Å². The van der Waals surface area contributed by atoms with Crippen LogP contribution >= 0.6 is 11.8 Å². The summed E-state index contributed by atoms with van der Waals surface area (Å²) in [5, 5.41) is 0. The minimum atomic E-state index is 0.814. The van der Waals surface area contributed by atoms with Crippen LogP contribution in [0, 0.1) is 0 Å². The lowest BCUT2D eigenvalue weighted by Crippen LogP contribution is -2.36. The first-order valence-electron chi connectivity index (χ1n) is 5.17. The first kappa shape index (κ1) is 10.8. The molecule has 1 aliphatic rings. The smallest absolute Gasteiger partial charge is 0.128 e. The van der Waals surface area contributed by atoms with E-state index < -0.39 is 0 Å². The number of anilines is 1. The van der Waals surface area contributed by atoms with Crippen molar-refractivity contribution in [1.29, 1.82) is 0 Å². The SMILES string of the molecule is CSCc1ccc(N2CCOCC2)nc1. The predicted molar refractivity (Wildman–Crippen MR) is 64.5 cm³/mol. The van der Waals surface area contributed by atoms with E-state index >= 15 is 0 Å². The molecule has 15 heavy (non-hydrogen) atoms. The fourth-order valence-corrected chi connectivity index (χ4v) is 2.15. The van der Waals surface area contributed by atoms with Gasteiger partial charge in [-0.15, -0.1) is 0 Å². The van der Waals surface area contributed by atoms with E-state index in [1.165, 1.54) is 5.56 Å². The van der Waals surface area contributed by atoms with Gasteiger partial charge in [-0.25, -0.2) is 4.98 Å². The zero-order valence-electron chi connectivity index (χ0n) is 8.98. The van der Waals surface area contributed by atoms with E-state index in [-0.39, 0.29) is 0 Å². The van der Waals surface area contributed by atoms with E-state index in [4.69, 9.17) is 4.74 Å². The Morgan fingerprint density at radius 3 is 2.80 bits per heavy atom. The van der Waals surface area contributed by atoms with Gasteiger partial charge in [0.2, 0.25) is 0 Å². The fourth-order valence-electron chi connectivity index (χ4n) is 1.65. The Bertz CT molecular complexity index is 296. The van der Waals surface area contributed by atoms with Gasteiger partial charge in [0, 0.05) is 25.0 Å². The van der Waals surface area contributed by atoms with Gasteiger partial charge < -0.3 is 9.64 Å². The van der Waals surface area contributed by atoms with Gasteiger partial charge in [0.05, 0.1) is 13.2 Å². The van der Waals surface area contributed by atoms with Crippen LogP contribution in [0.3, 0.4) is 0 Å². The second kappa shape index (κ2) is 5.37. The van der Waals surface area contributed by atoms with Crippen LogP contribution in [0.4, 0.5) is 5.82 Å². The third-order valence-electron chi connectivity index (χ3n) is 2.46. The number of pyridine rings is 1. The molecule has 1 saturated heterocycles. The Labute approximate surface area is 94.8 Å². The third-order valence-corrected chi connectivity index (χ3v) is 3.08. The Balaban J connectivity index is 2.02. The predicted octanol–water partition coefficient (Wildman–Crippen LogP) is 1.78. The van der Waals surface area contributed by atoms with Crippen LogP contribution < -0.4 is 4.90 Å². The summed E-state index contributed by atoms with van der Waals surface area (Å²) in [4.78, 5) is 6.75. The van der Waals surface area contributed by atoms with Crippen LogP contribution in [0.5, 0.6) is 0 Å². The summed E-state index contributed by atoms with van der Waals surface area (Å²) in [5.41, 5.74) is 1.29. The molecule has 0 unspecified atom stereocenters. The van der Waals surface area contributed by atoms with Crippen LogP contribution in [-0.4, -0.2) is 37.5 Å². The number of hydrogen-bond acceptors (Lipinski definition) is 4. The standard InChI is InChI=1S/C11H16N2OS/c1-15-9-10-2-3-11(12-8-10)13-4-6-14-7-5-13/h2-3,8H,4-7,9H2,1H3. The van der Waals surface area contributed by atoms with E-state index in [9.17, 15) is 0 Å². The average Bonchev–Trinajstić information content (AvgIpc) is 2.32. The molecule has 0 bridgehead atoms. The molecule has 82 valence electrons. The van der Waals surface area contributed by atoms with Crippen molar-refractivity contribution < 1.29 is 4.74 Å². The molecule has 0 atom stereocenters. The first-order valence-corrected chi connectivity index (χ1v) is 6.56. The number of hydrogen-bond donors (Lipinski definition) is 0. The molecular weight excluding hydrogens is 208 g/mol. The van der Waals surface area contributed by atoms with Crippen LogP contribution in [-0.2, 0) is 10.5 Å². The Hall–Kier alpha value is -0.740. The quantitative estimate of drug-likeness (QED) is 0.781. The molecule has 2 rings (SSSR count). The topological polar surface area (TPSA) is 25.4 Å². The summed E-state index contributed by atoms with van der Waals surface area (Å²) in [6.07, 6.45) is 4.08. The van der Waals surface area contributed by atoms with Crippen molar-refractivity contribution in [2.24, 2.45) is 0 Å². The molecule has 0 N–H and O–H groups in total. The zero-order chi connectivity index (χ0) is 10.5. The molecule has 1 fully saturated rings. The van der Waals surface area contributed by atoms with Crippen molar-refractivity contribution >= 4 is 17.6 Å². The van der Waals surface area contributed by atoms with Crippen LogP contribution in [0.25, 0.3) is 0 Å². The number of thioether (sulfide) groups is 1. The lowest BCUT2D eigenvalue weighted by molar-refractivity contribution is 0.122. The molecule has 0 saturated carbocycles. The molecule has 1 aliphatic heterocycles. The zero-order valence-corrected chi connectivity index (χ0v) is 9.80. The third kappa shape index (κ3) is 2.86. The highest BCUT2D eigenvalue weighted by Crippen LogP contribution is 2.15. The van der Waals surface area contributed by atoms with Crippen LogP contribution in [0.2, 0.25) is 0 Å². The maximum atomic E-state index is 5.31. The minimum absolute atomic E-state index is 0.814. The van der Waals surface area contributed by atoms with E-state index in [0.717, 1.165) is 37.9 Å². The van der Waals surface area contributed by atoms with Crippen molar-refractivity contribution in [2.75, 3.05) is 37.5 Å². The second-order valence-electron chi connectivity index (χ2n) is 3.56. The van der Waals surface area contributed by atoms with Gasteiger partial charge in [0.25, 0.3) is 0 Å². The number of nitrogens with zero attached hydrogens (tertiary/aromatic N) is 2. The van der Waals surface area contributed by atoms with E-state index in [2.05, 4.69) is 28.3 Å². The molecule has 0 aromatic carbocycles. The molecule has 2 heterocycles. The largest absolute Gasteiger partial charge is 0.378 e. The first-order chi connectivity index (χ1) is 7.40.